The molecule has 1 aromatic rings. The summed E-state index contributed by atoms with van der Waals surface area (Å²) in [5.41, 5.74) is 6.56. The second-order valence-electron chi connectivity index (χ2n) is 3.89. The highest BCUT2D eigenvalue weighted by Crippen LogP contribution is 2.45. The number of hydrogen-bond acceptors (Lipinski definition) is 4. The lowest BCUT2D eigenvalue weighted by molar-refractivity contribution is 0.181. The summed E-state index contributed by atoms with van der Waals surface area (Å²) in [6.07, 6.45) is 1.18. The molecule has 2 atom stereocenters. The number of methoxy groups -OCH3 is 1. The smallest absolute Gasteiger partial charge is 0.134 e. The second-order valence-corrected chi connectivity index (χ2v) is 3.89. The standard InChI is InChI=1S/C10H15N3O/c1-6-3-8(6)10-12-7(5-14-2)4-9(11)13-10/h4,6,8H,3,5H2,1-2H3,(H2,11,12,13). The van der Waals surface area contributed by atoms with E-state index in [1.165, 1.54) is 6.42 Å². The molecule has 1 saturated carbocycles. The molecule has 1 aliphatic carbocycles. The molecule has 2 rings (SSSR count). The third-order valence-electron chi connectivity index (χ3n) is 2.55. The van der Waals surface area contributed by atoms with Crippen molar-refractivity contribution in [3.8, 4) is 0 Å². The number of ether oxygens (including phenoxy) is 1. The van der Waals surface area contributed by atoms with Crippen LogP contribution in [0.1, 0.15) is 30.8 Å². The van der Waals surface area contributed by atoms with Crippen LogP contribution in [0.15, 0.2) is 6.07 Å². The highest BCUT2D eigenvalue weighted by molar-refractivity contribution is 5.31. The van der Waals surface area contributed by atoms with Crippen molar-refractivity contribution in [1.29, 1.82) is 0 Å². The van der Waals surface area contributed by atoms with Gasteiger partial charge in [-0.1, -0.05) is 6.92 Å². The van der Waals surface area contributed by atoms with E-state index in [1.54, 1.807) is 13.2 Å². The van der Waals surface area contributed by atoms with Crippen molar-refractivity contribution in [2.24, 2.45) is 5.92 Å². The van der Waals surface area contributed by atoms with Crippen LogP contribution >= 0.6 is 0 Å². The maximum atomic E-state index is 5.69. The van der Waals surface area contributed by atoms with Crippen molar-refractivity contribution in [3.63, 3.8) is 0 Å². The summed E-state index contributed by atoms with van der Waals surface area (Å²) >= 11 is 0. The lowest BCUT2D eigenvalue weighted by atomic mass is 10.3. The van der Waals surface area contributed by atoms with E-state index in [-0.39, 0.29) is 0 Å². The summed E-state index contributed by atoms with van der Waals surface area (Å²) in [5.74, 6) is 2.63. The SMILES string of the molecule is COCc1cc(N)nc(C2CC2C)n1. The van der Waals surface area contributed by atoms with Crippen LogP contribution in [0, 0.1) is 5.92 Å². The zero-order valence-corrected chi connectivity index (χ0v) is 8.53. The Morgan fingerprint density at radius 2 is 2.29 bits per heavy atom. The van der Waals surface area contributed by atoms with Crippen LogP contribution in [-0.4, -0.2) is 17.1 Å². The number of nitrogens with zero attached hydrogens (tertiary/aromatic N) is 2. The van der Waals surface area contributed by atoms with Gasteiger partial charge < -0.3 is 10.5 Å². The molecule has 0 amide bonds. The van der Waals surface area contributed by atoms with Crippen molar-refractivity contribution in [2.45, 2.75) is 25.9 Å². The quantitative estimate of drug-likeness (QED) is 0.786. The van der Waals surface area contributed by atoms with Crippen LogP contribution in [0.2, 0.25) is 0 Å². The summed E-state index contributed by atoms with van der Waals surface area (Å²) < 4.78 is 5.02. The lowest BCUT2D eigenvalue weighted by Gasteiger charge is -2.03. The zero-order chi connectivity index (χ0) is 10.1. The number of rotatable bonds is 3. The molecule has 1 fully saturated rings. The third-order valence-corrected chi connectivity index (χ3v) is 2.55. The Morgan fingerprint density at radius 1 is 1.57 bits per heavy atom. The fourth-order valence-corrected chi connectivity index (χ4v) is 1.61. The van der Waals surface area contributed by atoms with E-state index in [0.29, 0.717) is 24.3 Å². The van der Waals surface area contributed by atoms with Crippen molar-refractivity contribution in [3.05, 3.63) is 17.6 Å². The monoisotopic (exact) mass is 193 g/mol. The van der Waals surface area contributed by atoms with Gasteiger partial charge in [0.15, 0.2) is 0 Å². The van der Waals surface area contributed by atoms with Crippen molar-refractivity contribution < 1.29 is 4.74 Å². The molecule has 2 unspecified atom stereocenters. The van der Waals surface area contributed by atoms with E-state index in [2.05, 4.69) is 16.9 Å². The Kier molecular flexibility index (Phi) is 2.37. The first-order valence-corrected chi connectivity index (χ1v) is 4.83. The first-order chi connectivity index (χ1) is 6.70. The van der Waals surface area contributed by atoms with Crippen LogP contribution in [0.5, 0.6) is 0 Å². The first kappa shape index (κ1) is 9.40. The number of anilines is 1. The van der Waals surface area contributed by atoms with E-state index < -0.39 is 0 Å². The largest absolute Gasteiger partial charge is 0.384 e. The van der Waals surface area contributed by atoms with Gasteiger partial charge in [0.2, 0.25) is 0 Å². The van der Waals surface area contributed by atoms with Gasteiger partial charge in [0, 0.05) is 19.1 Å². The highest BCUT2D eigenvalue weighted by atomic mass is 16.5. The van der Waals surface area contributed by atoms with Crippen LogP contribution in [0.4, 0.5) is 5.82 Å². The topological polar surface area (TPSA) is 61.0 Å². The van der Waals surface area contributed by atoms with Gasteiger partial charge in [-0.15, -0.1) is 0 Å². The number of nitrogen functional groups attached to an aromatic ring is 1. The molecule has 4 nitrogen and oxygen atoms in total. The molecule has 76 valence electrons. The Bertz CT molecular complexity index is 340. The molecule has 0 aromatic carbocycles. The molecule has 1 heterocycles. The Labute approximate surface area is 83.5 Å². The number of hydrogen-bond donors (Lipinski definition) is 1. The average Bonchev–Trinajstić information content (AvgIpc) is 2.82. The lowest BCUT2D eigenvalue weighted by Crippen LogP contribution is -2.03. The van der Waals surface area contributed by atoms with Crippen molar-refractivity contribution >= 4 is 5.82 Å². The molecular weight excluding hydrogens is 178 g/mol. The fraction of sp³-hybridized carbons (Fsp3) is 0.600. The third kappa shape index (κ3) is 1.85. The summed E-state index contributed by atoms with van der Waals surface area (Å²) in [6.45, 7) is 2.70. The van der Waals surface area contributed by atoms with Crippen molar-refractivity contribution in [2.75, 3.05) is 12.8 Å². The summed E-state index contributed by atoms with van der Waals surface area (Å²) in [4.78, 5) is 8.66. The molecule has 0 spiro atoms. The molecule has 2 N–H and O–H groups in total. The number of nitrogens with two attached hydrogens (primary N) is 1. The van der Waals surface area contributed by atoms with E-state index in [4.69, 9.17) is 10.5 Å². The summed E-state index contributed by atoms with van der Waals surface area (Å²) in [6, 6.07) is 1.76. The predicted molar refractivity (Wildman–Crippen MR) is 53.7 cm³/mol. The van der Waals surface area contributed by atoms with E-state index in [0.717, 1.165) is 11.5 Å². The molecule has 14 heavy (non-hydrogen) atoms. The molecule has 0 bridgehead atoms. The van der Waals surface area contributed by atoms with Gasteiger partial charge in [-0.25, -0.2) is 9.97 Å². The van der Waals surface area contributed by atoms with Gasteiger partial charge >= 0.3 is 0 Å². The van der Waals surface area contributed by atoms with Crippen molar-refractivity contribution in [1.82, 2.24) is 9.97 Å². The van der Waals surface area contributed by atoms with Gasteiger partial charge in [-0.2, -0.15) is 0 Å². The maximum Gasteiger partial charge on any atom is 0.134 e. The minimum Gasteiger partial charge on any atom is -0.384 e. The molecule has 4 heteroatoms. The van der Waals surface area contributed by atoms with E-state index in [9.17, 15) is 0 Å². The van der Waals surface area contributed by atoms with Gasteiger partial charge in [-0.3, -0.25) is 0 Å². The van der Waals surface area contributed by atoms with Crippen LogP contribution in [-0.2, 0) is 11.3 Å². The minimum atomic E-state index is 0.501. The van der Waals surface area contributed by atoms with Gasteiger partial charge in [0.05, 0.1) is 12.3 Å². The number of aromatic nitrogens is 2. The minimum absolute atomic E-state index is 0.501. The zero-order valence-electron chi connectivity index (χ0n) is 8.53. The maximum absolute atomic E-state index is 5.69. The van der Waals surface area contributed by atoms with Crippen LogP contribution in [0.3, 0.4) is 0 Å². The predicted octanol–water partition coefficient (Wildman–Crippen LogP) is 1.33. The van der Waals surface area contributed by atoms with E-state index in [1.807, 2.05) is 0 Å². The Hall–Kier alpha value is -1.16. The van der Waals surface area contributed by atoms with Crippen LogP contribution < -0.4 is 5.73 Å². The van der Waals surface area contributed by atoms with E-state index >= 15 is 0 Å². The molecular formula is C10H15N3O. The Morgan fingerprint density at radius 3 is 2.86 bits per heavy atom. The molecule has 1 aromatic heterocycles. The molecule has 0 radical (unpaired) electrons. The average molecular weight is 193 g/mol. The fourth-order valence-electron chi connectivity index (χ4n) is 1.61. The summed E-state index contributed by atoms with van der Waals surface area (Å²) in [5, 5.41) is 0. The highest BCUT2D eigenvalue weighted by Gasteiger charge is 2.36. The second kappa shape index (κ2) is 3.53. The van der Waals surface area contributed by atoms with Gasteiger partial charge in [-0.05, 0) is 12.3 Å². The summed E-state index contributed by atoms with van der Waals surface area (Å²) in [7, 11) is 1.65. The Balaban J connectivity index is 2.23. The van der Waals surface area contributed by atoms with Gasteiger partial charge in [0.25, 0.3) is 0 Å². The van der Waals surface area contributed by atoms with Gasteiger partial charge in [0.1, 0.15) is 11.6 Å². The first-order valence-electron chi connectivity index (χ1n) is 4.83. The molecule has 0 aliphatic heterocycles. The normalized spacial score (nSPS) is 25.0. The van der Waals surface area contributed by atoms with Crippen LogP contribution in [0.25, 0.3) is 0 Å². The molecule has 0 saturated heterocycles. The molecule has 1 aliphatic rings.